The molecular formula is C22H32N6O2S. The van der Waals surface area contributed by atoms with Gasteiger partial charge >= 0.3 is 0 Å². The lowest BCUT2D eigenvalue weighted by Crippen LogP contribution is -2.49. The molecule has 4 rings (SSSR count). The molecule has 2 aromatic rings. The quantitative estimate of drug-likeness (QED) is 0.692. The van der Waals surface area contributed by atoms with Crippen LogP contribution < -0.4 is 9.80 Å². The molecule has 2 aliphatic heterocycles. The number of aryl methyl sites for hydroxylation is 2. The number of likely N-dealkylation sites (N-methyl/N-ethyl adjacent to an activating group) is 1. The second kappa shape index (κ2) is 9.10. The molecular weight excluding hydrogens is 412 g/mol. The lowest BCUT2D eigenvalue weighted by atomic mass is 10.2. The van der Waals surface area contributed by atoms with E-state index in [1.807, 2.05) is 44.2 Å². The number of hydrogen-bond acceptors (Lipinski definition) is 7. The van der Waals surface area contributed by atoms with Gasteiger partial charge in [0.2, 0.25) is 16.0 Å². The van der Waals surface area contributed by atoms with E-state index < -0.39 is 10.0 Å². The van der Waals surface area contributed by atoms with Gasteiger partial charge in [0.15, 0.2) is 0 Å². The van der Waals surface area contributed by atoms with E-state index in [0.29, 0.717) is 32.1 Å². The van der Waals surface area contributed by atoms with E-state index in [-0.39, 0.29) is 5.75 Å². The zero-order valence-electron chi connectivity index (χ0n) is 18.7. The fourth-order valence-electron chi connectivity index (χ4n) is 4.15. The SMILES string of the molecule is Cc1cccc(CS(=O)(=O)N2CCN(c3nc(C)cc(N4CCN(C)CC4)n3)CC2)c1. The smallest absolute Gasteiger partial charge is 0.227 e. The van der Waals surface area contributed by atoms with Crippen LogP contribution in [0.5, 0.6) is 0 Å². The fraction of sp³-hybridized carbons (Fsp3) is 0.545. The lowest BCUT2D eigenvalue weighted by Gasteiger charge is -2.36. The van der Waals surface area contributed by atoms with E-state index in [2.05, 4.69) is 26.7 Å². The molecule has 9 heteroatoms. The minimum Gasteiger partial charge on any atom is -0.354 e. The molecule has 2 fully saturated rings. The summed E-state index contributed by atoms with van der Waals surface area (Å²) in [5, 5.41) is 0. The summed E-state index contributed by atoms with van der Waals surface area (Å²) in [4.78, 5) is 16.2. The molecule has 0 atom stereocenters. The highest BCUT2D eigenvalue weighted by atomic mass is 32.2. The summed E-state index contributed by atoms with van der Waals surface area (Å²) in [5.41, 5.74) is 2.85. The molecule has 0 N–H and O–H groups in total. The van der Waals surface area contributed by atoms with E-state index in [0.717, 1.165) is 48.8 Å². The lowest BCUT2D eigenvalue weighted by molar-refractivity contribution is 0.312. The molecule has 1 aromatic heterocycles. The average Bonchev–Trinajstić information content (AvgIpc) is 2.73. The number of nitrogens with zero attached hydrogens (tertiary/aromatic N) is 6. The summed E-state index contributed by atoms with van der Waals surface area (Å²) in [6.45, 7) is 10.0. The summed E-state index contributed by atoms with van der Waals surface area (Å²) >= 11 is 0. The number of piperazine rings is 2. The Bertz CT molecular complexity index is 1010. The Morgan fingerprint density at radius 1 is 0.871 bits per heavy atom. The van der Waals surface area contributed by atoms with Crippen molar-refractivity contribution in [1.82, 2.24) is 19.2 Å². The van der Waals surface area contributed by atoms with E-state index >= 15 is 0 Å². The minimum absolute atomic E-state index is 0.0448. The van der Waals surface area contributed by atoms with Crippen molar-refractivity contribution in [3.63, 3.8) is 0 Å². The van der Waals surface area contributed by atoms with Crippen LogP contribution in [0.2, 0.25) is 0 Å². The number of anilines is 2. The third kappa shape index (κ3) is 5.34. The zero-order chi connectivity index (χ0) is 22.0. The first-order chi connectivity index (χ1) is 14.8. The molecule has 0 aliphatic carbocycles. The molecule has 3 heterocycles. The summed E-state index contributed by atoms with van der Waals surface area (Å²) in [6.07, 6.45) is 0. The van der Waals surface area contributed by atoms with Crippen LogP contribution in [-0.2, 0) is 15.8 Å². The Labute approximate surface area is 185 Å². The Morgan fingerprint density at radius 2 is 1.55 bits per heavy atom. The third-order valence-corrected chi connectivity index (χ3v) is 7.85. The molecule has 31 heavy (non-hydrogen) atoms. The molecule has 0 bridgehead atoms. The summed E-state index contributed by atoms with van der Waals surface area (Å²) in [7, 11) is -1.21. The molecule has 2 saturated heterocycles. The summed E-state index contributed by atoms with van der Waals surface area (Å²) < 4.78 is 27.4. The van der Waals surface area contributed by atoms with Gasteiger partial charge in [0.25, 0.3) is 0 Å². The predicted octanol–water partition coefficient (Wildman–Crippen LogP) is 1.50. The van der Waals surface area contributed by atoms with Crippen LogP contribution in [-0.4, -0.2) is 87.0 Å². The summed E-state index contributed by atoms with van der Waals surface area (Å²) in [6, 6.07) is 9.74. The van der Waals surface area contributed by atoms with E-state index in [1.54, 1.807) is 4.31 Å². The molecule has 168 valence electrons. The average molecular weight is 445 g/mol. The zero-order valence-corrected chi connectivity index (χ0v) is 19.5. The normalized spacial score (nSPS) is 19.1. The van der Waals surface area contributed by atoms with E-state index in [9.17, 15) is 8.42 Å². The number of hydrogen-bond donors (Lipinski definition) is 0. The van der Waals surface area contributed by atoms with Gasteiger partial charge in [-0.3, -0.25) is 0 Å². The molecule has 0 radical (unpaired) electrons. The van der Waals surface area contributed by atoms with Crippen molar-refractivity contribution in [2.45, 2.75) is 19.6 Å². The van der Waals surface area contributed by atoms with Gasteiger partial charge in [0, 0.05) is 64.1 Å². The summed E-state index contributed by atoms with van der Waals surface area (Å²) in [5.74, 6) is 1.71. The second-order valence-corrected chi connectivity index (χ2v) is 10.6. The van der Waals surface area contributed by atoms with Crippen molar-refractivity contribution in [2.24, 2.45) is 0 Å². The van der Waals surface area contributed by atoms with E-state index in [1.165, 1.54) is 0 Å². The second-order valence-electron chi connectivity index (χ2n) is 8.59. The first-order valence-corrected chi connectivity index (χ1v) is 12.5. The van der Waals surface area contributed by atoms with Gasteiger partial charge in [0.1, 0.15) is 5.82 Å². The van der Waals surface area contributed by atoms with Crippen molar-refractivity contribution in [3.05, 3.63) is 47.2 Å². The Kier molecular flexibility index (Phi) is 6.45. The highest BCUT2D eigenvalue weighted by Gasteiger charge is 2.28. The van der Waals surface area contributed by atoms with Crippen LogP contribution in [0, 0.1) is 13.8 Å². The van der Waals surface area contributed by atoms with Gasteiger partial charge in [-0.1, -0.05) is 29.8 Å². The Balaban J connectivity index is 1.41. The first kappa shape index (κ1) is 22.0. The van der Waals surface area contributed by atoms with Gasteiger partial charge in [-0.05, 0) is 26.5 Å². The van der Waals surface area contributed by atoms with Crippen molar-refractivity contribution in [3.8, 4) is 0 Å². The number of rotatable bonds is 5. The predicted molar refractivity (Wildman–Crippen MR) is 124 cm³/mol. The number of sulfonamides is 1. The Hall–Kier alpha value is -2.23. The first-order valence-electron chi connectivity index (χ1n) is 10.9. The van der Waals surface area contributed by atoms with Crippen molar-refractivity contribution >= 4 is 21.8 Å². The third-order valence-electron chi connectivity index (χ3n) is 6.00. The van der Waals surface area contributed by atoms with Crippen LogP contribution in [0.1, 0.15) is 16.8 Å². The fourth-order valence-corrected chi connectivity index (χ4v) is 5.65. The molecule has 0 saturated carbocycles. The topological polar surface area (TPSA) is 72.9 Å². The number of aromatic nitrogens is 2. The minimum atomic E-state index is -3.34. The molecule has 0 amide bonds. The molecule has 0 unspecified atom stereocenters. The maximum absolute atomic E-state index is 12.9. The van der Waals surface area contributed by atoms with Crippen LogP contribution >= 0.6 is 0 Å². The molecule has 0 spiro atoms. The van der Waals surface area contributed by atoms with Gasteiger partial charge in [-0.15, -0.1) is 0 Å². The highest BCUT2D eigenvalue weighted by Crippen LogP contribution is 2.21. The molecule has 2 aliphatic rings. The van der Waals surface area contributed by atoms with Gasteiger partial charge < -0.3 is 14.7 Å². The van der Waals surface area contributed by atoms with Gasteiger partial charge in [0.05, 0.1) is 5.75 Å². The van der Waals surface area contributed by atoms with Gasteiger partial charge in [-0.25, -0.2) is 13.4 Å². The van der Waals surface area contributed by atoms with Crippen LogP contribution in [0.4, 0.5) is 11.8 Å². The Morgan fingerprint density at radius 3 is 2.23 bits per heavy atom. The molecule has 8 nitrogen and oxygen atoms in total. The number of benzene rings is 1. The van der Waals surface area contributed by atoms with Crippen molar-refractivity contribution < 1.29 is 8.42 Å². The van der Waals surface area contributed by atoms with Crippen LogP contribution in [0.3, 0.4) is 0 Å². The maximum Gasteiger partial charge on any atom is 0.227 e. The van der Waals surface area contributed by atoms with E-state index in [4.69, 9.17) is 4.98 Å². The van der Waals surface area contributed by atoms with Gasteiger partial charge in [-0.2, -0.15) is 9.29 Å². The molecule has 1 aromatic carbocycles. The largest absolute Gasteiger partial charge is 0.354 e. The van der Waals surface area contributed by atoms with Crippen molar-refractivity contribution in [2.75, 3.05) is 69.2 Å². The van der Waals surface area contributed by atoms with Crippen molar-refractivity contribution in [1.29, 1.82) is 0 Å². The standard InChI is InChI=1S/C22H32N6O2S/c1-18-5-4-6-20(15-18)17-31(29,30)28-13-11-27(12-14-28)22-23-19(2)16-21(24-22)26-9-7-25(3)8-10-26/h4-6,15-16H,7-14,17H2,1-3H3. The maximum atomic E-state index is 12.9. The monoisotopic (exact) mass is 444 g/mol. The van der Waals surface area contributed by atoms with Crippen LogP contribution in [0.15, 0.2) is 30.3 Å². The van der Waals surface area contributed by atoms with Crippen LogP contribution in [0.25, 0.3) is 0 Å². The highest BCUT2D eigenvalue weighted by molar-refractivity contribution is 7.88.